The summed E-state index contributed by atoms with van der Waals surface area (Å²) in [6, 6.07) is 8.56. The molecule has 3 rings (SSSR count). The van der Waals surface area contributed by atoms with Gasteiger partial charge in [0.05, 0.1) is 13.2 Å². The summed E-state index contributed by atoms with van der Waals surface area (Å²) >= 11 is 5.34. The van der Waals surface area contributed by atoms with Crippen molar-refractivity contribution in [3.8, 4) is 0 Å². The fourth-order valence-electron chi connectivity index (χ4n) is 2.74. The third kappa shape index (κ3) is 3.16. The van der Waals surface area contributed by atoms with Crippen LogP contribution in [0.15, 0.2) is 33.6 Å². The molecule has 5 heteroatoms. The Balaban J connectivity index is 1.71. The average molecular weight is 344 g/mol. The zero-order chi connectivity index (χ0) is 13.3. The minimum Gasteiger partial charge on any atom is -0.347 e. The number of nitrogens with two attached hydrogens (primary N) is 1. The molecular formula is C14H18BrNO2S. The molecule has 2 N–H and O–H groups in total. The summed E-state index contributed by atoms with van der Waals surface area (Å²) < 4.78 is 12.7. The smallest absolute Gasteiger partial charge is 0.169 e. The third-order valence-corrected chi connectivity index (χ3v) is 5.58. The van der Waals surface area contributed by atoms with Crippen molar-refractivity contribution in [1.82, 2.24) is 0 Å². The first kappa shape index (κ1) is 13.9. The molecule has 1 spiro atoms. The fraction of sp³-hybridized carbons (Fsp3) is 0.571. The molecule has 2 atom stereocenters. The molecule has 1 heterocycles. The van der Waals surface area contributed by atoms with E-state index in [0.29, 0.717) is 18.5 Å². The average Bonchev–Trinajstić information content (AvgIpc) is 2.83. The van der Waals surface area contributed by atoms with E-state index in [4.69, 9.17) is 15.2 Å². The first-order valence-electron chi connectivity index (χ1n) is 6.63. The van der Waals surface area contributed by atoms with Crippen molar-refractivity contribution in [3.05, 3.63) is 28.7 Å². The van der Waals surface area contributed by atoms with Crippen molar-refractivity contribution in [3.63, 3.8) is 0 Å². The van der Waals surface area contributed by atoms with Gasteiger partial charge in [-0.2, -0.15) is 0 Å². The Bertz CT molecular complexity index is 451. The molecule has 2 aliphatic rings. The number of benzene rings is 1. The monoisotopic (exact) mass is 343 g/mol. The van der Waals surface area contributed by atoms with E-state index in [2.05, 4.69) is 34.1 Å². The highest BCUT2D eigenvalue weighted by Crippen LogP contribution is 2.42. The number of ether oxygens (including phenoxy) is 2. The van der Waals surface area contributed by atoms with Gasteiger partial charge in [-0.3, -0.25) is 0 Å². The summed E-state index contributed by atoms with van der Waals surface area (Å²) in [6.07, 6.45) is 2.76. The minimum atomic E-state index is -0.362. The van der Waals surface area contributed by atoms with Crippen molar-refractivity contribution in [1.29, 1.82) is 0 Å². The van der Waals surface area contributed by atoms with E-state index < -0.39 is 0 Å². The Morgan fingerprint density at radius 2 is 2.11 bits per heavy atom. The van der Waals surface area contributed by atoms with E-state index in [1.165, 1.54) is 4.90 Å². The predicted molar refractivity (Wildman–Crippen MR) is 80.2 cm³/mol. The summed E-state index contributed by atoms with van der Waals surface area (Å²) in [5.41, 5.74) is 6.27. The van der Waals surface area contributed by atoms with E-state index in [1.807, 2.05) is 17.8 Å². The number of hydrogen-bond acceptors (Lipinski definition) is 4. The molecule has 1 aliphatic heterocycles. The molecule has 0 amide bonds. The molecule has 2 unspecified atom stereocenters. The second kappa shape index (κ2) is 5.74. The van der Waals surface area contributed by atoms with E-state index in [0.717, 1.165) is 23.7 Å². The quantitative estimate of drug-likeness (QED) is 0.895. The highest BCUT2D eigenvalue weighted by atomic mass is 79.9. The lowest BCUT2D eigenvalue weighted by Gasteiger charge is -2.39. The zero-order valence-corrected chi connectivity index (χ0v) is 13.1. The zero-order valence-electron chi connectivity index (χ0n) is 10.7. The molecule has 1 aliphatic carbocycles. The first-order valence-corrected chi connectivity index (χ1v) is 8.30. The number of hydrogen-bond donors (Lipinski definition) is 1. The number of halogens is 1. The van der Waals surface area contributed by atoms with Crippen LogP contribution in [0.2, 0.25) is 0 Å². The van der Waals surface area contributed by atoms with E-state index in [9.17, 15) is 0 Å². The Morgan fingerprint density at radius 3 is 2.84 bits per heavy atom. The van der Waals surface area contributed by atoms with Crippen LogP contribution in [0, 0.1) is 0 Å². The maximum Gasteiger partial charge on any atom is 0.169 e. The predicted octanol–water partition coefficient (Wildman–Crippen LogP) is 3.16. The van der Waals surface area contributed by atoms with Gasteiger partial charge in [-0.25, -0.2) is 0 Å². The normalized spacial score (nSPS) is 29.8. The molecule has 1 saturated heterocycles. The van der Waals surface area contributed by atoms with Crippen LogP contribution in [0.5, 0.6) is 0 Å². The molecule has 1 aromatic carbocycles. The van der Waals surface area contributed by atoms with Gasteiger partial charge in [0.2, 0.25) is 0 Å². The molecule has 0 radical (unpaired) electrons. The molecule has 104 valence electrons. The van der Waals surface area contributed by atoms with Crippen LogP contribution in [0.25, 0.3) is 0 Å². The van der Waals surface area contributed by atoms with Gasteiger partial charge in [-0.15, -0.1) is 11.8 Å². The van der Waals surface area contributed by atoms with Crippen molar-refractivity contribution in [2.75, 3.05) is 13.2 Å². The first-order chi connectivity index (χ1) is 9.17. The summed E-state index contributed by atoms with van der Waals surface area (Å²) in [6.45, 7) is 1.42. The Hall–Kier alpha value is -0.0700. The van der Waals surface area contributed by atoms with Crippen LogP contribution in [0.4, 0.5) is 0 Å². The molecule has 1 aromatic rings. The van der Waals surface area contributed by atoms with Crippen LogP contribution in [-0.4, -0.2) is 30.3 Å². The van der Waals surface area contributed by atoms with Crippen molar-refractivity contribution in [2.24, 2.45) is 5.73 Å². The maximum atomic E-state index is 6.27. The number of rotatable bonds is 2. The van der Waals surface area contributed by atoms with Gasteiger partial charge in [0.15, 0.2) is 5.79 Å². The van der Waals surface area contributed by atoms with Crippen LogP contribution in [0.1, 0.15) is 19.3 Å². The highest BCUT2D eigenvalue weighted by molar-refractivity contribution is 9.10. The van der Waals surface area contributed by atoms with Gasteiger partial charge in [0, 0.05) is 33.5 Å². The van der Waals surface area contributed by atoms with Crippen LogP contribution < -0.4 is 5.73 Å². The second-order valence-corrected chi connectivity index (χ2v) is 7.36. The van der Waals surface area contributed by atoms with Gasteiger partial charge in [-0.05, 0) is 24.6 Å². The molecular weight excluding hydrogens is 326 g/mol. The summed E-state index contributed by atoms with van der Waals surface area (Å²) in [4.78, 5) is 1.24. The van der Waals surface area contributed by atoms with Gasteiger partial charge < -0.3 is 15.2 Å². The standard InChI is InChI=1S/C14H18BrNO2S/c15-10-2-1-3-11(8-10)19-13-9-14(5-4-12(13)16)17-6-7-18-14/h1-3,8,12-13H,4-7,9,16H2. The number of thioether (sulfide) groups is 1. The van der Waals surface area contributed by atoms with E-state index >= 15 is 0 Å². The summed E-state index contributed by atoms with van der Waals surface area (Å²) in [7, 11) is 0. The second-order valence-electron chi connectivity index (χ2n) is 5.13. The molecule has 2 fully saturated rings. The molecule has 1 saturated carbocycles. The van der Waals surface area contributed by atoms with Gasteiger partial charge in [0.1, 0.15) is 0 Å². The van der Waals surface area contributed by atoms with E-state index in [1.54, 1.807) is 0 Å². The largest absolute Gasteiger partial charge is 0.347 e. The lowest BCUT2D eigenvalue weighted by atomic mass is 9.90. The Labute approximate surface area is 126 Å². The van der Waals surface area contributed by atoms with Crippen molar-refractivity contribution < 1.29 is 9.47 Å². The fourth-order valence-corrected chi connectivity index (χ4v) is 4.64. The lowest BCUT2D eigenvalue weighted by Crippen LogP contribution is -2.47. The minimum absolute atomic E-state index is 0.211. The Kier molecular flexibility index (Phi) is 4.19. The van der Waals surface area contributed by atoms with E-state index in [-0.39, 0.29) is 11.8 Å². The van der Waals surface area contributed by atoms with Gasteiger partial charge in [0.25, 0.3) is 0 Å². The van der Waals surface area contributed by atoms with Gasteiger partial charge >= 0.3 is 0 Å². The topological polar surface area (TPSA) is 44.5 Å². The maximum absolute atomic E-state index is 6.27. The Morgan fingerprint density at radius 1 is 1.32 bits per heavy atom. The third-order valence-electron chi connectivity index (χ3n) is 3.75. The van der Waals surface area contributed by atoms with Crippen molar-refractivity contribution >= 4 is 27.7 Å². The van der Waals surface area contributed by atoms with Crippen molar-refractivity contribution in [2.45, 2.75) is 41.2 Å². The summed E-state index contributed by atoms with van der Waals surface area (Å²) in [5.74, 6) is -0.362. The summed E-state index contributed by atoms with van der Waals surface area (Å²) in [5, 5.41) is 0.348. The molecule has 0 aromatic heterocycles. The lowest BCUT2D eigenvalue weighted by molar-refractivity contribution is -0.176. The molecule has 3 nitrogen and oxygen atoms in total. The van der Waals surface area contributed by atoms with Crippen LogP contribution in [-0.2, 0) is 9.47 Å². The van der Waals surface area contributed by atoms with Crippen LogP contribution >= 0.6 is 27.7 Å². The molecule has 0 bridgehead atoms. The highest BCUT2D eigenvalue weighted by Gasteiger charge is 2.44. The SMILES string of the molecule is NC1CCC2(CC1Sc1cccc(Br)c1)OCCO2. The van der Waals surface area contributed by atoms with Crippen LogP contribution in [0.3, 0.4) is 0 Å². The molecule has 19 heavy (non-hydrogen) atoms. The van der Waals surface area contributed by atoms with Gasteiger partial charge in [-0.1, -0.05) is 22.0 Å².